The van der Waals surface area contributed by atoms with Crippen molar-refractivity contribution < 1.29 is 14.1 Å². The van der Waals surface area contributed by atoms with Crippen molar-refractivity contribution in [3.8, 4) is 0 Å². The molecule has 1 aromatic heterocycles. The lowest BCUT2D eigenvalue weighted by Crippen LogP contribution is -2.32. The first-order chi connectivity index (χ1) is 11.2. The molecular weight excluding hydrogens is 288 g/mol. The molecule has 0 fully saturated rings. The minimum atomic E-state index is -0.286. The number of hydrogen-bond donors (Lipinski definition) is 0. The van der Waals surface area contributed by atoms with Gasteiger partial charge in [0.15, 0.2) is 18.8 Å². The van der Waals surface area contributed by atoms with Crippen LogP contribution in [0.4, 0.5) is 0 Å². The summed E-state index contributed by atoms with van der Waals surface area (Å²) in [5.41, 5.74) is 4.57. The number of benzene rings is 1. The molecule has 0 amide bonds. The highest BCUT2D eigenvalue weighted by molar-refractivity contribution is 5.95. The monoisotopic (exact) mass is 311 g/mol. The molecule has 1 aromatic carbocycles. The van der Waals surface area contributed by atoms with Crippen LogP contribution in [0.1, 0.15) is 41.4 Å². The van der Waals surface area contributed by atoms with Crippen LogP contribution in [0.3, 0.4) is 0 Å². The Bertz CT molecular complexity index is 726. The van der Waals surface area contributed by atoms with Gasteiger partial charge in [-0.15, -0.1) is 0 Å². The first-order valence-corrected chi connectivity index (χ1v) is 8.16. The van der Waals surface area contributed by atoms with Crippen molar-refractivity contribution in [2.24, 2.45) is 0 Å². The lowest BCUT2D eigenvalue weighted by atomic mass is 10.1. The van der Waals surface area contributed by atoms with E-state index in [1.165, 1.54) is 24.1 Å². The van der Waals surface area contributed by atoms with E-state index in [4.69, 9.17) is 4.74 Å². The molecule has 0 unspecified atom stereocenters. The van der Waals surface area contributed by atoms with Gasteiger partial charge in [0.1, 0.15) is 5.69 Å². The predicted octanol–water partition coefficient (Wildman–Crippen LogP) is 3.09. The number of esters is 1. The first kappa shape index (κ1) is 15.5. The van der Waals surface area contributed by atoms with Crippen LogP contribution in [0.25, 0.3) is 0 Å². The number of aromatic nitrogens is 1. The maximum Gasteiger partial charge on any atom is 0.337 e. The quantitative estimate of drug-likeness (QED) is 0.628. The Morgan fingerprint density at radius 2 is 2.04 bits per heavy atom. The van der Waals surface area contributed by atoms with Crippen molar-refractivity contribution in [2.45, 2.75) is 32.9 Å². The van der Waals surface area contributed by atoms with Crippen LogP contribution in [0.15, 0.2) is 42.6 Å². The fourth-order valence-corrected chi connectivity index (χ4v) is 3.18. The molecule has 4 heteroatoms. The Balaban J connectivity index is 1.85. The van der Waals surface area contributed by atoms with Crippen molar-refractivity contribution in [1.82, 2.24) is 4.57 Å². The summed E-state index contributed by atoms with van der Waals surface area (Å²) < 4.78 is 9.55. The van der Waals surface area contributed by atoms with E-state index in [-0.39, 0.29) is 5.97 Å². The molecule has 0 N–H and O–H groups in total. The molecule has 1 aliphatic rings. The number of hydrogen-bond acceptors (Lipinski definition) is 2. The van der Waals surface area contributed by atoms with Crippen molar-refractivity contribution in [2.75, 3.05) is 13.7 Å². The number of rotatable bonds is 5. The number of carbonyl (C=O) groups is 1. The zero-order valence-corrected chi connectivity index (χ0v) is 13.8. The van der Waals surface area contributed by atoms with Crippen LogP contribution in [-0.2, 0) is 17.8 Å². The zero-order chi connectivity index (χ0) is 16.2. The molecule has 0 saturated carbocycles. The summed E-state index contributed by atoms with van der Waals surface area (Å²) in [6.45, 7) is 5.14. The Hall–Kier alpha value is -2.36. The Kier molecular flexibility index (Phi) is 4.60. The molecule has 0 radical (unpaired) electrons. The number of fused-ring (bicyclic) bond motifs is 1. The molecule has 23 heavy (non-hydrogen) atoms. The first-order valence-electron chi connectivity index (χ1n) is 8.16. The molecule has 0 bridgehead atoms. The Labute approximate surface area is 137 Å². The molecule has 1 aliphatic heterocycles. The number of ether oxygens (including phenoxy) is 1. The van der Waals surface area contributed by atoms with Crippen LogP contribution in [-0.4, -0.2) is 34.5 Å². The van der Waals surface area contributed by atoms with E-state index in [0.29, 0.717) is 5.56 Å². The summed E-state index contributed by atoms with van der Waals surface area (Å²) in [7, 11) is 1.41. The Morgan fingerprint density at radius 1 is 1.26 bits per heavy atom. The molecule has 0 atom stereocenters. The molecular formula is C19H23N2O2+. The van der Waals surface area contributed by atoms with Crippen LogP contribution < -0.4 is 0 Å². The van der Waals surface area contributed by atoms with E-state index in [1.54, 1.807) is 0 Å². The van der Waals surface area contributed by atoms with Crippen LogP contribution in [0.5, 0.6) is 0 Å². The van der Waals surface area contributed by atoms with Gasteiger partial charge in [0.2, 0.25) is 0 Å². The highest BCUT2D eigenvalue weighted by atomic mass is 16.5. The molecule has 120 valence electrons. The molecule has 0 saturated heterocycles. The average molecular weight is 311 g/mol. The van der Waals surface area contributed by atoms with Crippen molar-refractivity contribution in [3.63, 3.8) is 0 Å². The van der Waals surface area contributed by atoms with Crippen molar-refractivity contribution >= 4 is 11.7 Å². The minimum Gasteiger partial charge on any atom is -0.465 e. The van der Waals surface area contributed by atoms with Gasteiger partial charge in [0.25, 0.3) is 0 Å². The molecule has 4 nitrogen and oxygen atoms in total. The van der Waals surface area contributed by atoms with E-state index in [1.807, 2.05) is 24.3 Å². The standard InChI is InChI=1S/C19H23N2O2/c1-3-5-17-18-6-4-11-20(18)12-13-21(17)14-15-7-9-16(10-8-15)19(22)23-2/h4,6-11H,3,5,12-14H2,1-2H3/q+1. The van der Waals surface area contributed by atoms with Gasteiger partial charge in [-0.3, -0.25) is 0 Å². The molecule has 3 rings (SSSR count). The Morgan fingerprint density at radius 3 is 2.74 bits per heavy atom. The summed E-state index contributed by atoms with van der Waals surface area (Å²) >= 11 is 0. The second-order valence-electron chi connectivity index (χ2n) is 5.89. The third-order valence-corrected chi connectivity index (χ3v) is 4.35. The maximum absolute atomic E-state index is 11.5. The zero-order valence-electron chi connectivity index (χ0n) is 13.8. The second-order valence-corrected chi connectivity index (χ2v) is 5.89. The van der Waals surface area contributed by atoms with Crippen molar-refractivity contribution in [1.29, 1.82) is 0 Å². The van der Waals surface area contributed by atoms with Gasteiger partial charge in [-0.2, -0.15) is 0 Å². The van der Waals surface area contributed by atoms with Gasteiger partial charge in [-0.25, -0.2) is 9.37 Å². The smallest absolute Gasteiger partial charge is 0.337 e. The molecule has 2 aromatic rings. The van der Waals surface area contributed by atoms with Gasteiger partial charge in [0.05, 0.1) is 19.2 Å². The van der Waals surface area contributed by atoms with E-state index in [2.05, 4.69) is 34.4 Å². The summed E-state index contributed by atoms with van der Waals surface area (Å²) in [6.07, 6.45) is 4.38. The largest absolute Gasteiger partial charge is 0.465 e. The lowest BCUT2D eigenvalue weighted by molar-refractivity contribution is -0.548. The third-order valence-electron chi connectivity index (χ3n) is 4.35. The van der Waals surface area contributed by atoms with Crippen LogP contribution in [0.2, 0.25) is 0 Å². The maximum atomic E-state index is 11.5. The van der Waals surface area contributed by atoms with Gasteiger partial charge >= 0.3 is 5.97 Å². The lowest BCUT2D eigenvalue weighted by Gasteiger charge is -2.18. The van der Waals surface area contributed by atoms with E-state index < -0.39 is 0 Å². The summed E-state index contributed by atoms with van der Waals surface area (Å²) in [4.78, 5) is 11.5. The van der Waals surface area contributed by atoms with Gasteiger partial charge in [-0.1, -0.05) is 19.1 Å². The van der Waals surface area contributed by atoms with Crippen LogP contribution >= 0.6 is 0 Å². The summed E-state index contributed by atoms with van der Waals surface area (Å²) in [5, 5.41) is 0. The highest BCUT2D eigenvalue weighted by Crippen LogP contribution is 2.15. The third kappa shape index (κ3) is 3.21. The average Bonchev–Trinajstić information content (AvgIpc) is 3.06. The molecule has 0 spiro atoms. The fraction of sp³-hybridized carbons (Fsp3) is 0.368. The number of carbonyl (C=O) groups excluding carboxylic acids is 1. The molecule has 2 heterocycles. The van der Waals surface area contributed by atoms with Gasteiger partial charge in [-0.05, 0) is 30.7 Å². The van der Waals surface area contributed by atoms with E-state index in [0.717, 1.165) is 32.5 Å². The number of methoxy groups -OCH3 is 1. The topological polar surface area (TPSA) is 34.2 Å². The minimum absolute atomic E-state index is 0.286. The van der Waals surface area contributed by atoms with E-state index >= 15 is 0 Å². The van der Waals surface area contributed by atoms with Crippen molar-refractivity contribution in [3.05, 3.63) is 59.4 Å². The summed E-state index contributed by atoms with van der Waals surface area (Å²) in [5.74, 6) is -0.286. The molecule has 0 aliphatic carbocycles. The van der Waals surface area contributed by atoms with Gasteiger partial charge in [0, 0.05) is 18.2 Å². The van der Waals surface area contributed by atoms with E-state index in [9.17, 15) is 4.79 Å². The number of nitrogens with zero attached hydrogens (tertiary/aromatic N) is 2. The SMILES string of the molecule is CCCC1=[N+](Cc2ccc(C(=O)OC)cc2)CCn2cccc21. The highest BCUT2D eigenvalue weighted by Gasteiger charge is 2.24. The van der Waals surface area contributed by atoms with Gasteiger partial charge < -0.3 is 9.30 Å². The normalized spacial score (nSPS) is 13.8. The van der Waals surface area contributed by atoms with Crippen LogP contribution in [0, 0.1) is 0 Å². The fourth-order valence-electron chi connectivity index (χ4n) is 3.18. The predicted molar refractivity (Wildman–Crippen MR) is 90.1 cm³/mol. The summed E-state index contributed by atoms with van der Waals surface area (Å²) in [6, 6.07) is 12.0. The second kappa shape index (κ2) is 6.82.